The highest BCUT2D eigenvalue weighted by molar-refractivity contribution is 6.42. The summed E-state index contributed by atoms with van der Waals surface area (Å²) in [5.41, 5.74) is 0.655. The van der Waals surface area contributed by atoms with Gasteiger partial charge in [0.15, 0.2) is 0 Å². The molecule has 1 amide bonds. The van der Waals surface area contributed by atoms with Gasteiger partial charge in [0.1, 0.15) is 0 Å². The smallest absolute Gasteiger partial charge is 0.238 e. The minimum atomic E-state index is -0.0650. The summed E-state index contributed by atoms with van der Waals surface area (Å²) >= 11 is 11.7. The van der Waals surface area contributed by atoms with Crippen molar-refractivity contribution in [3.8, 4) is 0 Å². The van der Waals surface area contributed by atoms with Crippen molar-refractivity contribution in [2.45, 2.75) is 6.42 Å². The summed E-state index contributed by atoms with van der Waals surface area (Å²) < 4.78 is 5.33. The first-order chi connectivity index (χ1) is 9.54. The lowest BCUT2D eigenvalue weighted by Gasteiger charge is -2.19. The molecule has 1 N–H and O–H groups in total. The lowest BCUT2D eigenvalue weighted by Crippen LogP contribution is -2.33. The molecule has 0 spiro atoms. The van der Waals surface area contributed by atoms with Gasteiger partial charge in [0.05, 0.1) is 23.2 Å². The Bertz CT molecular complexity index is 476. The molecule has 0 unspecified atom stereocenters. The molecule has 1 aliphatic rings. The normalized spacial score (nSPS) is 18.5. The van der Waals surface area contributed by atoms with E-state index in [0.717, 1.165) is 26.2 Å². The van der Waals surface area contributed by atoms with Gasteiger partial charge in [0, 0.05) is 18.8 Å². The zero-order chi connectivity index (χ0) is 14.5. The van der Waals surface area contributed by atoms with Crippen LogP contribution in [0.25, 0.3) is 0 Å². The van der Waals surface area contributed by atoms with Gasteiger partial charge in [-0.05, 0) is 37.6 Å². The van der Waals surface area contributed by atoms with Crippen molar-refractivity contribution >= 4 is 34.8 Å². The molecule has 1 saturated heterocycles. The Morgan fingerprint density at radius 3 is 2.90 bits per heavy atom. The Labute approximate surface area is 129 Å². The Kier molecular flexibility index (Phi) is 5.66. The van der Waals surface area contributed by atoms with Crippen LogP contribution in [0.2, 0.25) is 10.0 Å². The van der Waals surface area contributed by atoms with Crippen molar-refractivity contribution in [1.29, 1.82) is 0 Å². The Morgan fingerprint density at radius 2 is 2.25 bits per heavy atom. The summed E-state index contributed by atoms with van der Waals surface area (Å²) in [5.74, 6) is 0.461. The Balaban J connectivity index is 1.80. The second-order valence-corrected chi connectivity index (χ2v) is 5.92. The highest BCUT2D eigenvalue weighted by atomic mass is 35.5. The van der Waals surface area contributed by atoms with Crippen molar-refractivity contribution in [3.05, 3.63) is 28.2 Å². The molecule has 0 saturated carbocycles. The molecule has 1 atom stereocenters. The monoisotopic (exact) mass is 316 g/mol. The summed E-state index contributed by atoms with van der Waals surface area (Å²) in [6, 6.07) is 5.04. The third-order valence-electron chi connectivity index (χ3n) is 3.21. The third-order valence-corrected chi connectivity index (χ3v) is 3.95. The predicted octanol–water partition coefficient (Wildman–Crippen LogP) is 2.90. The number of hydrogen-bond acceptors (Lipinski definition) is 3. The second-order valence-electron chi connectivity index (χ2n) is 5.10. The van der Waals surface area contributed by atoms with Gasteiger partial charge in [0.25, 0.3) is 0 Å². The number of benzene rings is 1. The number of anilines is 1. The second kappa shape index (κ2) is 7.27. The highest BCUT2D eigenvalue weighted by Gasteiger charge is 2.18. The van der Waals surface area contributed by atoms with Crippen molar-refractivity contribution < 1.29 is 9.53 Å². The van der Waals surface area contributed by atoms with Gasteiger partial charge in [-0.1, -0.05) is 23.2 Å². The molecule has 110 valence electrons. The molecule has 1 aromatic carbocycles. The van der Waals surface area contributed by atoms with E-state index in [9.17, 15) is 4.79 Å². The molecule has 4 nitrogen and oxygen atoms in total. The average Bonchev–Trinajstić information content (AvgIpc) is 2.86. The molecule has 0 radical (unpaired) electrons. The maximum atomic E-state index is 11.9. The van der Waals surface area contributed by atoms with Crippen LogP contribution in [0.1, 0.15) is 6.42 Å². The summed E-state index contributed by atoms with van der Waals surface area (Å²) in [6.45, 7) is 2.83. The first kappa shape index (κ1) is 15.6. The number of halogens is 2. The van der Waals surface area contributed by atoms with E-state index in [1.165, 1.54) is 0 Å². The van der Waals surface area contributed by atoms with E-state index in [2.05, 4.69) is 5.32 Å². The lowest BCUT2D eigenvalue weighted by atomic mass is 10.1. The number of nitrogens with one attached hydrogen (secondary N) is 1. The topological polar surface area (TPSA) is 41.6 Å². The van der Waals surface area contributed by atoms with Crippen LogP contribution in [0, 0.1) is 5.92 Å². The lowest BCUT2D eigenvalue weighted by molar-refractivity contribution is -0.117. The SMILES string of the molecule is CN(CC(=O)Nc1ccc(Cl)c(Cl)c1)C[C@H]1CCOC1. The predicted molar refractivity (Wildman–Crippen MR) is 81.5 cm³/mol. The number of likely N-dealkylation sites (N-methyl/N-ethyl adjacent to an activating group) is 1. The number of carbonyl (C=O) groups is 1. The van der Waals surface area contributed by atoms with Gasteiger partial charge in [-0.2, -0.15) is 0 Å². The molecular weight excluding hydrogens is 299 g/mol. The average molecular weight is 317 g/mol. The number of hydrogen-bond donors (Lipinski definition) is 1. The van der Waals surface area contributed by atoms with Gasteiger partial charge in [-0.3, -0.25) is 9.69 Å². The number of nitrogens with zero attached hydrogens (tertiary/aromatic N) is 1. The van der Waals surface area contributed by atoms with Crippen molar-refractivity contribution in [3.63, 3.8) is 0 Å². The molecule has 20 heavy (non-hydrogen) atoms. The summed E-state index contributed by atoms with van der Waals surface area (Å²) in [5, 5.41) is 3.72. The summed E-state index contributed by atoms with van der Waals surface area (Å²) in [7, 11) is 1.94. The standard InChI is InChI=1S/C14H18Cl2N2O2/c1-18(7-10-4-5-20-9-10)8-14(19)17-11-2-3-12(15)13(16)6-11/h2-3,6,10H,4-5,7-9H2,1H3,(H,17,19)/t10-/m1/s1. The van der Waals surface area contributed by atoms with Gasteiger partial charge in [0.2, 0.25) is 5.91 Å². The molecule has 1 fully saturated rings. The highest BCUT2D eigenvalue weighted by Crippen LogP contribution is 2.24. The van der Waals surface area contributed by atoms with Crippen LogP contribution in [-0.2, 0) is 9.53 Å². The van der Waals surface area contributed by atoms with Crippen LogP contribution in [0.5, 0.6) is 0 Å². The van der Waals surface area contributed by atoms with Crippen LogP contribution in [0.4, 0.5) is 5.69 Å². The zero-order valence-electron chi connectivity index (χ0n) is 11.4. The van der Waals surface area contributed by atoms with Crippen LogP contribution >= 0.6 is 23.2 Å². The van der Waals surface area contributed by atoms with Crippen LogP contribution in [0.15, 0.2) is 18.2 Å². The fourth-order valence-corrected chi connectivity index (χ4v) is 2.55. The Hall–Kier alpha value is -0.810. The van der Waals surface area contributed by atoms with Crippen molar-refractivity contribution in [1.82, 2.24) is 4.90 Å². The number of ether oxygens (including phenoxy) is 1. The largest absolute Gasteiger partial charge is 0.381 e. The number of carbonyl (C=O) groups excluding carboxylic acids is 1. The van der Waals surface area contributed by atoms with Crippen LogP contribution in [-0.4, -0.2) is 44.2 Å². The molecule has 0 bridgehead atoms. The molecule has 6 heteroatoms. The summed E-state index contributed by atoms with van der Waals surface area (Å²) in [4.78, 5) is 13.9. The van der Waals surface area contributed by atoms with E-state index < -0.39 is 0 Å². The number of rotatable bonds is 5. The minimum absolute atomic E-state index is 0.0650. The molecule has 2 rings (SSSR count). The first-order valence-corrected chi connectivity index (χ1v) is 7.31. The van der Waals surface area contributed by atoms with Crippen molar-refractivity contribution in [2.24, 2.45) is 5.92 Å². The maximum absolute atomic E-state index is 11.9. The van der Waals surface area contributed by atoms with Gasteiger partial charge in [-0.15, -0.1) is 0 Å². The van der Waals surface area contributed by atoms with Gasteiger partial charge < -0.3 is 10.1 Å². The van der Waals surface area contributed by atoms with Gasteiger partial charge >= 0.3 is 0 Å². The summed E-state index contributed by atoms with van der Waals surface area (Å²) in [6.07, 6.45) is 1.07. The van der Waals surface area contributed by atoms with Crippen molar-refractivity contribution in [2.75, 3.05) is 38.7 Å². The third kappa shape index (κ3) is 4.63. The number of amides is 1. The van der Waals surface area contributed by atoms with E-state index >= 15 is 0 Å². The fourth-order valence-electron chi connectivity index (χ4n) is 2.25. The fraction of sp³-hybridized carbons (Fsp3) is 0.500. The molecule has 1 aromatic rings. The van der Waals surface area contributed by atoms with E-state index in [-0.39, 0.29) is 5.91 Å². The van der Waals surface area contributed by atoms with E-state index in [1.54, 1.807) is 18.2 Å². The molecule has 1 aliphatic heterocycles. The van der Waals surface area contributed by atoms with Crippen LogP contribution < -0.4 is 5.32 Å². The molecule has 0 aliphatic carbocycles. The van der Waals surface area contributed by atoms with Gasteiger partial charge in [-0.25, -0.2) is 0 Å². The zero-order valence-corrected chi connectivity index (χ0v) is 12.9. The minimum Gasteiger partial charge on any atom is -0.381 e. The van der Waals surface area contributed by atoms with E-state index in [4.69, 9.17) is 27.9 Å². The van der Waals surface area contributed by atoms with E-state index in [1.807, 2.05) is 11.9 Å². The van der Waals surface area contributed by atoms with Crippen LogP contribution in [0.3, 0.4) is 0 Å². The quantitative estimate of drug-likeness (QED) is 0.908. The first-order valence-electron chi connectivity index (χ1n) is 6.56. The molecular formula is C14H18Cl2N2O2. The molecule has 1 heterocycles. The van der Waals surface area contributed by atoms with E-state index in [0.29, 0.717) is 28.2 Å². The maximum Gasteiger partial charge on any atom is 0.238 e. The Morgan fingerprint density at radius 1 is 1.45 bits per heavy atom. The molecule has 0 aromatic heterocycles.